The molecule has 0 unspecified atom stereocenters. The highest BCUT2D eigenvalue weighted by Gasteiger charge is 2.19. The summed E-state index contributed by atoms with van der Waals surface area (Å²) in [7, 11) is 0. The van der Waals surface area contributed by atoms with Crippen LogP contribution >= 0.6 is 23.4 Å². The molecule has 5 nitrogen and oxygen atoms in total. The Hall–Kier alpha value is -2.31. The quantitative estimate of drug-likeness (QED) is 0.247. The van der Waals surface area contributed by atoms with Gasteiger partial charge in [-0.2, -0.15) is 0 Å². The van der Waals surface area contributed by atoms with Gasteiger partial charge in [-0.05, 0) is 30.5 Å². The molecule has 7 heteroatoms. The molecule has 0 aliphatic carbocycles. The molecule has 1 amide bonds. The number of hydrogen-bond donors (Lipinski definition) is 0. The molecule has 0 atom stereocenters. The van der Waals surface area contributed by atoms with Crippen LogP contribution in [0.25, 0.3) is 0 Å². The fraction of sp³-hybridized carbons (Fsp3) is 0.318. The van der Waals surface area contributed by atoms with Crippen LogP contribution in [0.15, 0.2) is 60.8 Å². The highest BCUT2D eigenvalue weighted by atomic mass is 35.5. The third-order valence-electron chi connectivity index (χ3n) is 4.65. The normalized spacial score (nSPS) is 13.3. The second kappa shape index (κ2) is 10.5. The molecule has 1 aliphatic heterocycles. The summed E-state index contributed by atoms with van der Waals surface area (Å²) in [6.07, 6.45) is 5.83. The number of nitrogens with zero attached hydrogens (tertiary/aromatic N) is 4. The van der Waals surface area contributed by atoms with Gasteiger partial charge in [0, 0.05) is 43.6 Å². The van der Waals surface area contributed by atoms with Gasteiger partial charge in [-0.3, -0.25) is 4.79 Å². The van der Waals surface area contributed by atoms with Crippen molar-refractivity contribution in [2.24, 2.45) is 0 Å². The molecule has 0 radical (unpaired) electrons. The Kier molecular flexibility index (Phi) is 7.72. The summed E-state index contributed by atoms with van der Waals surface area (Å²) in [5, 5.41) is 1.02. The van der Waals surface area contributed by atoms with Gasteiger partial charge in [-0.15, -0.1) is 13.2 Å². The molecule has 0 spiro atoms. The molecule has 0 N–H and O–H groups in total. The minimum atomic E-state index is 0.119. The Morgan fingerprint density at radius 2 is 1.79 bits per heavy atom. The predicted molar refractivity (Wildman–Crippen MR) is 121 cm³/mol. The van der Waals surface area contributed by atoms with Crippen molar-refractivity contribution in [1.82, 2.24) is 14.9 Å². The van der Waals surface area contributed by atoms with E-state index in [0.29, 0.717) is 29.2 Å². The zero-order valence-electron chi connectivity index (χ0n) is 16.4. The van der Waals surface area contributed by atoms with E-state index < -0.39 is 0 Å². The Labute approximate surface area is 181 Å². The molecule has 152 valence electrons. The summed E-state index contributed by atoms with van der Waals surface area (Å²) >= 11 is 7.72. The van der Waals surface area contributed by atoms with Gasteiger partial charge >= 0.3 is 0 Å². The number of thioether (sulfide) groups is 1. The third kappa shape index (κ3) is 5.84. The maximum absolute atomic E-state index is 12.5. The van der Waals surface area contributed by atoms with E-state index in [0.717, 1.165) is 42.9 Å². The van der Waals surface area contributed by atoms with Crippen molar-refractivity contribution < 1.29 is 4.79 Å². The first-order valence-corrected chi connectivity index (χ1v) is 11.0. The van der Waals surface area contributed by atoms with E-state index in [1.165, 1.54) is 11.8 Å². The smallest absolute Gasteiger partial charge is 0.253 e. The molecule has 2 aromatic rings. The van der Waals surface area contributed by atoms with Crippen LogP contribution in [-0.4, -0.2) is 47.0 Å². The number of amides is 1. The molecule has 1 aromatic carbocycles. The molecule has 1 aliphatic rings. The average Bonchev–Trinajstić information content (AvgIpc) is 3.26. The highest BCUT2D eigenvalue weighted by molar-refractivity contribution is 7.98. The summed E-state index contributed by atoms with van der Waals surface area (Å²) in [6, 6.07) is 9.53. The Morgan fingerprint density at radius 1 is 1.14 bits per heavy atom. The first-order chi connectivity index (χ1) is 14.1. The van der Waals surface area contributed by atoms with Crippen molar-refractivity contribution in [2.75, 3.05) is 31.1 Å². The first-order valence-electron chi connectivity index (χ1n) is 9.63. The molecule has 1 fully saturated rings. The first kappa shape index (κ1) is 21.4. The Morgan fingerprint density at radius 3 is 2.41 bits per heavy atom. The van der Waals surface area contributed by atoms with Crippen LogP contribution < -0.4 is 4.90 Å². The van der Waals surface area contributed by atoms with E-state index in [1.54, 1.807) is 6.07 Å². The summed E-state index contributed by atoms with van der Waals surface area (Å²) in [4.78, 5) is 25.3. The van der Waals surface area contributed by atoms with Crippen molar-refractivity contribution in [2.45, 2.75) is 23.8 Å². The number of anilines is 1. The van der Waals surface area contributed by atoms with Crippen LogP contribution in [0.4, 0.5) is 5.82 Å². The lowest BCUT2D eigenvalue weighted by molar-refractivity contribution is 0.0793. The second-order valence-corrected chi connectivity index (χ2v) is 8.13. The van der Waals surface area contributed by atoms with E-state index >= 15 is 0 Å². The second-order valence-electron chi connectivity index (χ2n) is 6.80. The maximum atomic E-state index is 12.5. The third-order valence-corrected chi connectivity index (χ3v) is 5.76. The summed E-state index contributed by atoms with van der Waals surface area (Å²) in [6.45, 7) is 10.6. The van der Waals surface area contributed by atoms with E-state index in [-0.39, 0.29) is 5.91 Å². The Balaban J connectivity index is 1.65. The molecule has 0 bridgehead atoms. The van der Waals surface area contributed by atoms with E-state index in [2.05, 4.69) is 23.1 Å². The fourth-order valence-corrected chi connectivity index (χ4v) is 4.22. The van der Waals surface area contributed by atoms with Crippen molar-refractivity contribution in [3.8, 4) is 0 Å². The number of carbonyl (C=O) groups excluding carboxylic acids is 1. The topological polar surface area (TPSA) is 49.3 Å². The Bertz CT molecular complexity index is 856. The lowest BCUT2D eigenvalue weighted by Gasteiger charge is -2.20. The largest absolute Gasteiger partial charge is 0.349 e. The minimum absolute atomic E-state index is 0.119. The molecule has 0 saturated carbocycles. The monoisotopic (exact) mass is 428 g/mol. The van der Waals surface area contributed by atoms with E-state index in [9.17, 15) is 4.79 Å². The van der Waals surface area contributed by atoms with E-state index in [1.807, 2.05) is 46.2 Å². The van der Waals surface area contributed by atoms with Crippen LogP contribution in [0.5, 0.6) is 0 Å². The number of halogens is 1. The van der Waals surface area contributed by atoms with Crippen molar-refractivity contribution in [3.63, 3.8) is 0 Å². The number of benzene rings is 1. The van der Waals surface area contributed by atoms with Gasteiger partial charge in [-0.25, -0.2) is 9.97 Å². The molecule has 3 rings (SSSR count). The zero-order chi connectivity index (χ0) is 20.6. The number of aromatic nitrogens is 2. The number of likely N-dealkylation sites (tertiary alicyclic amines) is 1. The van der Waals surface area contributed by atoms with Gasteiger partial charge in [0.25, 0.3) is 5.91 Å². The summed E-state index contributed by atoms with van der Waals surface area (Å²) < 4.78 is 0. The molecule has 1 aromatic heterocycles. The van der Waals surface area contributed by atoms with Crippen molar-refractivity contribution in [1.29, 1.82) is 0 Å². The zero-order valence-corrected chi connectivity index (χ0v) is 18.0. The van der Waals surface area contributed by atoms with Gasteiger partial charge in [-0.1, -0.05) is 47.6 Å². The van der Waals surface area contributed by atoms with Crippen molar-refractivity contribution >= 4 is 35.1 Å². The molecule has 1 saturated heterocycles. The molecular formula is C22H25ClN4OS. The molecule has 2 heterocycles. The molecule has 29 heavy (non-hydrogen) atoms. The predicted octanol–water partition coefficient (Wildman–Crippen LogP) is 4.84. The lowest BCUT2D eigenvalue weighted by Crippen LogP contribution is -2.27. The van der Waals surface area contributed by atoms with Crippen LogP contribution in [0.1, 0.15) is 28.8 Å². The van der Waals surface area contributed by atoms with Crippen LogP contribution in [-0.2, 0) is 5.75 Å². The fourth-order valence-electron chi connectivity index (χ4n) is 3.18. The average molecular weight is 429 g/mol. The van der Waals surface area contributed by atoms with Gasteiger partial charge in [0.1, 0.15) is 11.0 Å². The molecular weight excluding hydrogens is 404 g/mol. The summed E-state index contributed by atoms with van der Waals surface area (Å²) in [5.41, 5.74) is 1.85. The number of rotatable bonds is 9. The van der Waals surface area contributed by atoms with Crippen LogP contribution in [0.2, 0.25) is 5.15 Å². The van der Waals surface area contributed by atoms with E-state index in [4.69, 9.17) is 11.6 Å². The number of carbonyl (C=O) groups is 1. The minimum Gasteiger partial charge on any atom is -0.349 e. The van der Waals surface area contributed by atoms with Crippen LogP contribution in [0.3, 0.4) is 0 Å². The highest BCUT2D eigenvalue weighted by Crippen LogP contribution is 2.25. The van der Waals surface area contributed by atoms with Crippen LogP contribution in [0, 0.1) is 0 Å². The van der Waals surface area contributed by atoms with Gasteiger partial charge < -0.3 is 9.80 Å². The lowest BCUT2D eigenvalue weighted by atomic mass is 10.1. The number of hydrogen-bond acceptors (Lipinski definition) is 5. The van der Waals surface area contributed by atoms with Gasteiger partial charge in [0.05, 0.1) is 0 Å². The van der Waals surface area contributed by atoms with Crippen molar-refractivity contribution in [3.05, 3.63) is 71.9 Å². The SMILES string of the molecule is C=CCN(CC=C)c1cc(Cl)nc(SCc2ccc(C(=O)N3CCCC3)cc2)n1. The maximum Gasteiger partial charge on any atom is 0.253 e. The summed E-state index contributed by atoms with van der Waals surface area (Å²) in [5.74, 6) is 1.56. The standard InChI is InChI=1S/C22H25ClN4OS/c1-3-11-26(12-4-2)20-15-19(23)24-22(25-20)29-16-17-7-9-18(10-8-17)21(28)27-13-5-6-14-27/h3-4,7-10,15H,1-2,5-6,11-14,16H2. The van der Waals surface area contributed by atoms with Gasteiger partial charge in [0.2, 0.25) is 0 Å². The van der Waals surface area contributed by atoms with Gasteiger partial charge in [0.15, 0.2) is 5.16 Å².